The maximum absolute atomic E-state index is 11.1. The van der Waals surface area contributed by atoms with Crippen molar-refractivity contribution in [2.24, 2.45) is 23.5 Å². The Kier molecular flexibility index (Phi) is 5.22. The summed E-state index contributed by atoms with van der Waals surface area (Å²) in [6.07, 6.45) is 8.01. The minimum absolute atomic E-state index is 0.342. The molecular weight excluding hydrogens is 246 g/mol. The molecule has 0 radical (unpaired) electrons. The van der Waals surface area contributed by atoms with E-state index in [0.717, 1.165) is 24.2 Å². The van der Waals surface area contributed by atoms with Crippen molar-refractivity contribution in [2.75, 3.05) is 0 Å². The molecule has 110 valence electrons. The highest BCUT2D eigenvalue weighted by Gasteiger charge is 2.26. The van der Waals surface area contributed by atoms with Crippen LogP contribution in [0.2, 0.25) is 0 Å². The van der Waals surface area contributed by atoms with Crippen molar-refractivity contribution in [3.05, 3.63) is 35.4 Å². The van der Waals surface area contributed by atoms with Gasteiger partial charge in [-0.05, 0) is 54.7 Å². The predicted molar refractivity (Wildman–Crippen MR) is 83.6 cm³/mol. The summed E-state index contributed by atoms with van der Waals surface area (Å²) < 4.78 is 0. The first-order valence-corrected chi connectivity index (χ1v) is 7.96. The third-order valence-corrected chi connectivity index (χ3v) is 4.81. The van der Waals surface area contributed by atoms with E-state index in [0.29, 0.717) is 5.56 Å². The first-order chi connectivity index (χ1) is 9.58. The molecule has 2 unspecified atom stereocenters. The highest BCUT2D eigenvalue weighted by molar-refractivity contribution is 5.92. The predicted octanol–water partition coefficient (Wildman–Crippen LogP) is 4.18. The first kappa shape index (κ1) is 15.1. The van der Waals surface area contributed by atoms with Gasteiger partial charge in [0.05, 0.1) is 0 Å². The third kappa shape index (κ3) is 3.84. The van der Waals surface area contributed by atoms with Crippen LogP contribution in [0.15, 0.2) is 24.3 Å². The van der Waals surface area contributed by atoms with Crippen molar-refractivity contribution in [1.82, 2.24) is 0 Å². The number of rotatable bonds is 4. The maximum atomic E-state index is 11.1. The number of nitrogens with two attached hydrogens (primary N) is 1. The summed E-state index contributed by atoms with van der Waals surface area (Å²) in [4.78, 5) is 11.1. The van der Waals surface area contributed by atoms with E-state index in [1.54, 1.807) is 0 Å². The highest BCUT2D eigenvalue weighted by Crippen LogP contribution is 2.35. The van der Waals surface area contributed by atoms with Gasteiger partial charge in [0.25, 0.3) is 0 Å². The number of amides is 1. The Labute approximate surface area is 122 Å². The summed E-state index contributed by atoms with van der Waals surface area (Å²) in [5, 5.41) is 0. The molecule has 1 saturated carbocycles. The number of carbonyl (C=O) groups excluding carboxylic acids is 1. The van der Waals surface area contributed by atoms with Gasteiger partial charge in [-0.2, -0.15) is 0 Å². The fraction of sp³-hybridized carbons (Fsp3) is 0.611. The van der Waals surface area contributed by atoms with Gasteiger partial charge in [0, 0.05) is 5.56 Å². The molecule has 2 atom stereocenters. The quantitative estimate of drug-likeness (QED) is 0.822. The topological polar surface area (TPSA) is 43.1 Å². The second kappa shape index (κ2) is 6.92. The fourth-order valence-electron chi connectivity index (χ4n) is 3.65. The summed E-state index contributed by atoms with van der Waals surface area (Å²) in [6.45, 7) is 4.72. The van der Waals surface area contributed by atoms with Crippen molar-refractivity contribution in [1.29, 1.82) is 0 Å². The molecule has 2 rings (SSSR count). The van der Waals surface area contributed by atoms with Crippen LogP contribution in [0, 0.1) is 17.8 Å². The lowest BCUT2D eigenvalue weighted by Gasteiger charge is -2.28. The van der Waals surface area contributed by atoms with E-state index in [1.807, 2.05) is 12.1 Å². The zero-order valence-corrected chi connectivity index (χ0v) is 12.8. The van der Waals surface area contributed by atoms with Crippen molar-refractivity contribution < 1.29 is 4.79 Å². The molecule has 0 aliphatic heterocycles. The molecule has 2 N–H and O–H groups in total. The van der Waals surface area contributed by atoms with Crippen LogP contribution in [0.5, 0.6) is 0 Å². The van der Waals surface area contributed by atoms with Crippen LogP contribution in [-0.2, 0) is 6.42 Å². The maximum Gasteiger partial charge on any atom is 0.248 e. The molecule has 0 bridgehead atoms. The van der Waals surface area contributed by atoms with E-state index < -0.39 is 0 Å². The molecule has 2 heteroatoms. The molecule has 1 amide bonds. The molecule has 1 aromatic rings. The lowest BCUT2D eigenvalue weighted by Crippen LogP contribution is -2.21. The third-order valence-electron chi connectivity index (χ3n) is 4.81. The second-order valence-electron chi connectivity index (χ2n) is 6.57. The van der Waals surface area contributed by atoms with Crippen LogP contribution in [0.1, 0.15) is 61.9 Å². The molecule has 1 aliphatic rings. The zero-order valence-electron chi connectivity index (χ0n) is 12.8. The van der Waals surface area contributed by atoms with Gasteiger partial charge in [-0.25, -0.2) is 0 Å². The number of hydrogen-bond acceptors (Lipinski definition) is 1. The van der Waals surface area contributed by atoms with Crippen molar-refractivity contribution >= 4 is 5.91 Å². The summed E-state index contributed by atoms with van der Waals surface area (Å²) >= 11 is 0. The summed E-state index contributed by atoms with van der Waals surface area (Å²) in [7, 11) is 0. The normalized spacial score (nSPS) is 23.6. The number of primary amides is 1. The van der Waals surface area contributed by atoms with Gasteiger partial charge in [-0.1, -0.05) is 45.2 Å². The van der Waals surface area contributed by atoms with Gasteiger partial charge in [0.2, 0.25) is 5.91 Å². The molecule has 0 aromatic heterocycles. The van der Waals surface area contributed by atoms with Gasteiger partial charge in [0.1, 0.15) is 0 Å². The fourth-order valence-corrected chi connectivity index (χ4v) is 3.65. The Hall–Kier alpha value is -1.31. The monoisotopic (exact) mass is 273 g/mol. The average Bonchev–Trinajstić information content (AvgIpc) is 2.65. The largest absolute Gasteiger partial charge is 0.366 e. The van der Waals surface area contributed by atoms with Gasteiger partial charge < -0.3 is 5.73 Å². The molecule has 0 saturated heterocycles. The molecular formula is C18H27NO. The van der Waals surface area contributed by atoms with Gasteiger partial charge in [0.15, 0.2) is 0 Å². The van der Waals surface area contributed by atoms with Crippen molar-refractivity contribution in [3.63, 3.8) is 0 Å². The Bertz CT molecular complexity index is 435. The summed E-state index contributed by atoms with van der Waals surface area (Å²) in [5.41, 5.74) is 7.24. The van der Waals surface area contributed by atoms with Crippen LogP contribution in [0.25, 0.3) is 0 Å². The SMILES string of the molecule is CC(C)C1CCCCCC1Cc1ccc(C(N)=O)cc1. The number of benzene rings is 1. The molecule has 1 fully saturated rings. The highest BCUT2D eigenvalue weighted by atomic mass is 16.1. The van der Waals surface area contributed by atoms with Gasteiger partial charge >= 0.3 is 0 Å². The first-order valence-electron chi connectivity index (χ1n) is 7.96. The van der Waals surface area contributed by atoms with E-state index >= 15 is 0 Å². The minimum atomic E-state index is -0.342. The zero-order chi connectivity index (χ0) is 14.5. The summed E-state index contributed by atoms with van der Waals surface area (Å²) in [6, 6.07) is 7.86. The molecule has 20 heavy (non-hydrogen) atoms. The van der Waals surface area contributed by atoms with Crippen LogP contribution in [0.3, 0.4) is 0 Å². The molecule has 1 aliphatic carbocycles. The number of hydrogen-bond donors (Lipinski definition) is 1. The summed E-state index contributed by atoms with van der Waals surface area (Å²) in [5.74, 6) is 2.05. The van der Waals surface area contributed by atoms with Crippen LogP contribution >= 0.6 is 0 Å². The average molecular weight is 273 g/mol. The van der Waals surface area contributed by atoms with E-state index in [9.17, 15) is 4.79 Å². The Morgan fingerprint density at radius 3 is 2.40 bits per heavy atom. The molecule has 0 heterocycles. The molecule has 2 nitrogen and oxygen atoms in total. The van der Waals surface area contributed by atoms with E-state index in [-0.39, 0.29) is 5.91 Å². The van der Waals surface area contributed by atoms with Crippen molar-refractivity contribution in [2.45, 2.75) is 52.4 Å². The standard InChI is InChI=1S/C18H27NO/c1-13(2)17-7-5-3-4-6-16(17)12-14-8-10-15(11-9-14)18(19)20/h8-11,13,16-17H,3-7,12H2,1-2H3,(H2,19,20). The molecule has 0 spiro atoms. The minimum Gasteiger partial charge on any atom is -0.366 e. The Morgan fingerprint density at radius 2 is 1.80 bits per heavy atom. The van der Waals surface area contributed by atoms with Gasteiger partial charge in [-0.3, -0.25) is 4.79 Å². The lowest BCUT2D eigenvalue weighted by atomic mass is 9.77. The van der Waals surface area contributed by atoms with Crippen molar-refractivity contribution in [3.8, 4) is 0 Å². The van der Waals surface area contributed by atoms with Crippen LogP contribution < -0.4 is 5.73 Å². The smallest absolute Gasteiger partial charge is 0.248 e. The van der Waals surface area contributed by atoms with Crippen LogP contribution in [-0.4, -0.2) is 5.91 Å². The Balaban J connectivity index is 2.07. The Morgan fingerprint density at radius 1 is 1.15 bits per heavy atom. The van der Waals surface area contributed by atoms with Crippen LogP contribution in [0.4, 0.5) is 0 Å². The molecule has 1 aromatic carbocycles. The van der Waals surface area contributed by atoms with E-state index in [4.69, 9.17) is 5.73 Å². The van der Waals surface area contributed by atoms with E-state index in [1.165, 1.54) is 37.7 Å². The lowest BCUT2D eigenvalue weighted by molar-refractivity contribution is 0.100. The van der Waals surface area contributed by atoms with Gasteiger partial charge in [-0.15, -0.1) is 0 Å². The second-order valence-corrected chi connectivity index (χ2v) is 6.57. The number of carbonyl (C=O) groups is 1. The van der Waals surface area contributed by atoms with E-state index in [2.05, 4.69) is 26.0 Å².